The summed E-state index contributed by atoms with van der Waals surface area (Å²) >= 11 is 1.66. The minimum absolute atomic E-state index is 0. The molecule has 0 rings (SSSR count). The summed E-state index contributed by atoms with van der Waals surface area (Å²) in [6, 6.07) is 0. The van der Waals surface area contributed by atoms with E-state index < -0.39 is 0 Å². The average Bonchev–Trinajstić information content (AvgIpc) is 2.50. The second-order valence-electron chi connectivity index (χ2n) is 5.78. The molecule has 0 heterocycles. The molecule has 0 N–H and O–H groups in total. The van der Waals surface area contributed by atoms with Crippen LogP contribution in [0.3, 0.4) is 0 Å². The van der Waals surface area contributed by atoms with Crippen molar-refractivity contribution in [3.05, 3.63) is 12.2 Å². The van der Waals surface area contributed by atoms with Gasteiger partial charge >= 0.3 is 57.4 Å². The summed E-state index contributed by atoms with van der Waals surface area (Å²) in [7, 11) is 0. The van der Waals surface area contributed by atoms with E-state index in [0.29, 0.717) is 6.42 Å². The van der Waals surface area contributed by atoms with Gasteiger partial charge in [-0.3, -0.25) is 4.79 Å². The van der Waals surface area contributed by atoms with Gasteiger partial charge in [-0.1, -0.05) is 70.4 Å². The van der Waals surface area contributed by atoms with Crippen LogP contribution in [0.25, 0.3) is 0 Å². The van der Waals surface area contributed by atoms with Crippen LogP contribution in [0, 0.1) is 0 Å². The number of rotatable bonds is 15. The van der Waals surface area contributed by atoms with E-state index in [1.807, 2.05) is 0 Å². The predicted octanol–water partition coefficient (Wildman–Crippen LogP) is 6.27. The number of unbranched alkanes of at least 4 members (excludes halogenated alkanes) is 11. The van der Waals surface area contributed by atoms with Crippen molar-refractivity contribution in [1.82, 2.24) is 0 Å². The first-order chi connectivity index (χ1) is 10.3. The van der Waals surface area contributed by atoms with Crippen LogP contribution in [-0.4, -0.2) is 57.4 Å². The summed E-state index contributed by atoms with van der Waals surface area (Å²) in [5.74, 6) is -0.0896. The molecule has 0 aromatic heterocycles. The quantitative estimate of drug-likeness (QED) is 0.128. The zero-order valence-corrected chi connectivity index (χ0v) is 15.9. The Hall–Kier alpha value is 1.58. The number of hydrogen-bond acceptors (Lipinski definition) is 2. The van der Waals surface area contributed by atoms with E-state index in [-0.39, 0.29) is 57.4 Å². The molecule has 0 aromatic rings. The van der Waals surface area contributed by atoms with E-state index in [2.05, 4.69) is 22.1 Å². The molecule has 0 aromatic carbocycles. The normalized spacial score (nSPS) is 10.6. The molecule has 4 heteroatoms. The number of hydrogen-bond donors (Lipinski definition) is 0. The molecule has 0 radical (unpaired) electrons. The molecular formula is C18H34IKO2. The van der Waals surface area contributed by atoms with Crippen LogP contribution in [0.15, 0.2) is 12.2 Å². The Morgan fingerprint density at radius 2 is 1.27 bits per heavy atom. The van der Waals surface area contributed by atoms with Gasteiger partial charge in [0.25, 0.3) is 0 Å². The summed E-state index contributed by atoms with van der Waals surface area (Å²) in [5, 5.41) is 0. The Morgan fingerprint density at radius 1 is 0.818 bits per heavy atom. The van der Waals surface area contributed by atoms with E-state index in [9.17, 15) is 4.79 Å². The third kappa shape index (κ3) is 21.6. The zero-order valence-electron chi connectivity index (χ0n) is 13.7. The molecule has 0 unspecified atom stereocenters. The van der Waals surface area contributed by atoms with Gasteiger partial charge in [0, 0.05) is 6.42 Å². The molecule has 2 nitrogen and oxygen atoms in total. The fourth-order valence-electron chi connectivity index (χ4n) is 2.38. The molecule has 22 heavy (non-hydrogen) atoms. The van der Waals surface area contributed by atoms with Gasteiger partial charge in [-0.2, -0.15) is 0 Å². The molecule has 0 aliphatic heterocycles. The Bertz CT molecular complexity index is 257. The van der Waals surface area contributed by atoms with Crippen molar-refractivity contribution in [2.75, 3.05) is 0 Å². The van der Waals surface area contributed by atoms with Gasteiger partial charge in [0.2, 0.25) is 0 Å². The van der Waals surface area contributed by atoms with E-state index in [1.54, 1.807) is 23.0 Å². The third-order valence-electron chi connectivity index (χ3n) is 3.73. The van der Waals surface area contributed by atoms with Crippen LogP contribution < -0.4 is 0 Å². The third-order valence-corrected chi connectivity index (χ3v) is 4.22. The van der Waals surface area contributed by atoms with Crippen molar-refractivity contribution in [1.29, 1.82) is 0 Å². The van der Waals surface area contributed by atoms with E-state index in [1.165, 1.54) is 70.6 Å². The van der Waals surface area contributed by atoms with Gasteiger partial charge in [-0.15, -0.1) is 0 Å². The van der Waals surface area contributed by atoms with Gasteiger partial charge in [0.1, 0.15) is 0 Å². The molecule has 0 fully saturated rings. The van der Waals surface area contributed by atoms with Crippen molar-refractivity contribution in [2.24, 2.45) is 0 Å². The molecular weight excluding hydrogens is 414 g/mol. The average molecular weight is 448 g/mol. The maximum atomic E-state index is 10.9. The summed E-state index contributed by atoms with van der Waals surface area (Å²) in [5.41, 5.74) is 0. The van der Waals surface area contributed by atoms with Gasteiger partial charge in [-0.05, 0) is 32.1 Å². The van der Waals surface area contributed by atoms with Gasteiger partial charge in [0.15, 0.2) is 23.0 Å². The first-order valence-corrected chi connectivity index (χ1v) is 9.65. The molecule has 0 saturated carbocycles. The first-order valence-electron chi connectivity index (χ1n) is 8.77. The molecule has 0 amide bonds. The fourth-order valence-corrected chi connectivity index (χ4v) is 2.60. The second kappa shape index (κ2) is 22.6. The van der Waals surface area contributed by atoms with Crippen molar-refractivity contribution in [2.45, 2.75) is 96.8 Å². The van der Waals surface area contributed by atoms with E-state index in [4.69, 9.17) is 0 Å². The van der Waals surface area contributed by atoms with Crippen molar-refractivity contribution < 1.29 is 7.86 Å². The SMILES string of the molecule is CCCCCCCC/C=C\CCCCCCCC(=O)OI.[KH]. The maximum absolute atomic E-state index is 10.9. The Morgan fingerprint density at radius 3 is 1.77 bits per heavy atom. The van der Waals surface area contributed by atoms with Crippen molar-refractivity contribution in [3.63, 3.8) is 0 Å². The van der Waals surface area contributed by atoms with Crippen LogP contribution in [0.2, 0.25) is 0 Å². The summed E-state index contributed by atoms with van der Waals surface area (Å²) < 4.78 is 4.59. The van der Waals surface area contributed by atoms with E-state index in [0.717, 1.165) is 12.8 Å². The Labute approximate surface area is 194 Å². The zero-order chi connectivity index (χ0) is 15.6. The van der Waals surface area contributed by atoms with Crippen LogP contribution in [0.4, 0.5) is 0 Å². The van der Waals surface area contributed by atoms with E-state index >= 15 is 0 Å². The van der Waals surface area contributed by atoms with Crippen LogP contribution in [-0.2, 0) is 7.86 Å². The Balaban J connectivity index is 0. The van der Waals surface area contributed by atoms with Gasteiger partial charge < -0.3 is 3.07 Å². The van der Waals surface area contributed by atoms with Crippen LogP contribution >= 0.6 is 23.0 Å². The van der Waals surface area contributed by atoms with Crippen molar-refractivity contribution in [3.8, 4) is 0 Å². The Kier molecular flexibility index (Phi) is 26.5. The molecule has 126 valence electrons. The molecule has 0 aliphatic carbocycles. The monoisotopic (exact) mass is 448 g/mol. The van der Waals surface area contributed by atoms with Gasteiger partial charge in [0.05, 0.1) is 0 Å². The fraction of sp³-hybridized carbons (Fsp3) is 0.833. The summed E-state index contributed by atoms with van der Waals surface area (Å²) in [4.78, 5) is 10.9. The predicted molar refractivity (Wildman–Crippen MR) is 107 cm³/mol. The number of carbonyl (C=O) groups excluding carboxylic acids is 1. The molecule has 0 saturated heterocycles. The topological polar surface area (TPSA) is 26.3 Å². The number of halogens is 1. The van der Waals surface area contributed by atoms with Crippen LogP contribution in [0.5, 0.6) is 0 Å². The van der Waals surface area contributed by atoms with Crippen molar-refractivity contribution >= 4 is 80.4 Å². The standard InChI is InChI=1S/C18H33IO2.K.H/c1-2-3-4-5-6-7-8-9-10-11-12-13-14-15-16-17-18(20)21-19;;/h9-10H,2-8,11-17H2,1H3;;/b10-9-;;. The second-order valence-corrected chi connectivity index (χ2v) is 6.22. The van der Waals surface area contributed by atoms with Gasteiger partial charge in [-0.25, -0.2) is 0 Å². The number of allylic oxidation sites excluding steroid dienone is 2. The number of carbonyl (C=O) groups is 1. The summed E-state index contributed by atoms with van der Waals surface area (Å²) in [6.45, 7) is 2.27. The first kappa shape index (κ1) is 25.8. The molecule has 0 bridgehead atoms. The minimum atomic E-state index is -0.0896. The molecule has 0 spiro atoms. The molecule has 0 atom stereocenters. The molecule has 0 aliphatic rings. The summed E-state index contributed by atoms with van der Waals surface area (Å²) in [6.07, 6.45) is 22.0. The van der Waals surface area contributed by atoms with Crippen LogP contribution in [0.1, 0.15) is 96.8 Å².